The lowest BCUT2D eigenvalue weighted by atomic mass is 10.1. The zero-order valence-corrected chi connectivity index (χ0v) is 8.80. The van der Waals surface area contributed by atoms with E-state index < -0.39 is 22.8 Å². The molecule has 5 nitrogen and oxygen atoms in total. The van der Waals surface area contributed by atoms with E-state index in [2.05, 4.69) is 0 Å². The van der Waals surface area contributed by atoms with E-state index in [1.807, 2.05) is 6.07 Å². The molecule has 86 valence electrons. The number of para-hydroxylation sites is 1. The molecule has 1 aliphatic rings. The van der Waals surface area contributed by atoms with Crippen molar-refractivity contribution in [2.45, 2.75) is 13.0 Å². The number of nitrogens with zero attached hydrogens (tertiary/aromatic N) is 1. The second-order valence-corrected chi connectivity index (χ2v) is 4.05. The fraction of sp³-hybridized carbons (Fsp3) is 0.167. The van der Waals surface area contributed by atoms with Crippen LogP contribution in [0.3, 0.4) is 0 Å². The Kier molecular flexibility index (Phi) is 1.80. The van der Waals surface area contributed by atoms with Crippen LogP contribution >= 0.6 is 0 Å². The number of carboxylic acid groups (broad SMARTS) is 1. The lowest BCUT2D eigenvalue weighted by Crippen LogP contribution is -2.25. The number of aryl methyl sites for hydroxylation is 2. The third-order valence-electron chi connectivity index (χ3n) is 3.16. The van der Waals surface area contributed by atoms with Crippen LogP contribution < -0.4 is 5.56 Å². The van der Waals surface area contributed by atoms with Gasteiger partial charge < -0.3 is 14.8 Å². The lowest BCUT2D eigenvalue weighted by Gasteiger charge is -2.08. The highest BCUT2D eigenvalue weighted by Crippen LogP contribution is 2.31. The van der Waals surface area contributed by atoms with Crippen LogP contribution in [0, 0.1) is 0 Å². The minimum absolute atomic E-state index is 0.428. The van der Waals surface area contributed by atoms with Crippen molar-refractivity contribution in [2.24, 2.45) is 0 Å². The van der Waals surface area contributed by atoms with Crippen LogP contribution in [0.5, 0.6) is 5.75 Å². The first-order valence-electron chi connectivity index (χ1n) is 5.22. The maximum Gasteiger partial charge on any atom is 0.345 e. The van der Waals surface area contributed by atoms with Gasteiger partial charge in [-0.15, -0.1) is 0 Å². The molecule has 1 aromatic carbocycles. The molecule has 0 unspecified atom stereocenters. The van der Waals surface area contributed by atoms with Gasteiger partial charge in [0.1, 0.15) is 5.75 Å². The maximum absolute atomic E-state index is 11.9. The molecule has 0 atom stereocenters. The first-order valence-corrected chi connectivity index (χ1v) is 5.22. The molecule has 0 bridgehead atoms. The summed E-state index contributed by atoms with van der Waals surface area (Å²) in [6.07, 6.45) is 0.690. The molecular weight excluding hydrogens is 222 g/mol. The molecule has 0 spiro atoms. The second-order valence-electron chi connectivity index (χ2n) is 4.05. The summed E-state index contributed by atoms with van der Waals surface area (Å²) in [6, 6.07) is 5.26. The van der Waals surface area contributed by atoms with Crippen molar-refractivity contribution in [1.29, 1.82) is 0 Å². The van der Waals surface area contributed by atoms with Crippen molar-refractivity contribution in [3.8, 4) is 5.75 Å². The van der Waals surface area contributed by atoms with Crippen molar-refractivity contribution in [2.75, 3.05) is 0 Å². The highest BCUT2D eigenvalue weighted by atomic mass is 16.4. The van der Waals surface area contributed by atoms with Gasteiger partial charge in [0.25, 0.3) is 5.56 Å². The zero-order valence-electron chi connectivity index (χ0n) is 8.80. The number of aromatic carboxylic acids is 1. The Balaban J connectivity index is 2.60. The summed E-state index contributed by atoms with van der Waals surface area (Å²) in [5.41, 5.74) is 0.441. The zero-order chi connectivity index (χ0) is 12.2. The molecule has 0 fully saturated rings. The second kappa shape index (κ2) is 3.10. The van der Waals surface area contributed by atoms with Crippen molar-refractivity contribution >= 4 is 16.9 Å². The van der Waals surface area contributed by atoms with Crippen molar-refractivity contribution < 1.29 is 15.0 Å². The monoisotopic (exact) mass is 231 g/mol. The summed E-state index contributed by atoms with van der Waals surface area (Å²) in [6.45, 7) is 0.467. The van der Waals surface area contributed by atoms with E-state index in [0.717, 1.165) is 5.56 Å². The number of pyridine rings is 1. The van der Waals surface area contributed by atoms with E-state index in [4.69, 9.17) is 5.11 Å². The summed E-state index contributed by atoms with van der Waals surface area (Å²) < 4.78 is 1.42. The van der Waals surface area contributed by atoms with E-state index in [1.165, 1.54) is 4.57 Å². The van der Waals surface area contributed by atoms with E-state index >= 15 is 0 Å². The van der Waals surface area contributed by atoms with Crippen LogP contribution in [0.1, 0.15) is 15.9 Å². The molecule has 5 heteroatoms. The molecule has 2 heterocycles. The van der Waals surface area contributed by atoms with Gasteiger partial charge in [0.05, 0.1) is 5.52 Å². The first-order chi connectivity index (χ1) is 8.11. The largest absolute Gasteiger partial charge is 0.506 e. The van der Waals surface area contributed by atoms with Gasteiger partial charge in [-0.3, -0.25) is 4.79 Å². The highest BCUT2D eigenvalue weighted by molar-refractivity contribution is 5.99. The van der Waals surface area contributed by atoms with E-state index in [1.54, 1.807) is 12.1 Å². The van der Waals surface area contributed by atoms with Crippen LogP contribution in [0.15, 0.2) is 23.0 Å². The predicted octanol–water partition coefficient (Wildman–Crippen LogP) is 0.961. The topological polar surface area (TPSA) is 79.5 Å². The van der Waals surface area contributed by atoms with Gasteiger partial charge in [0.2, 0.25) is 0 Å². The Hall–Kier alpha value is -2.30. The average molecular weight is 231 g/mol. The smallest absolute Gasteiger partial charge is 0.345 e. The predicted molar refractivity (Wildman–Crippen MR) is 60.5 cm³/mol. The number of aromatic hydroxyl groups is 1. The summed E-state index contributed by atoms with van der Waals surface area (Å²) in [5.74, 6) is -1.83. The van der Waals surface area contributed by atoms with Crippen LogP contribution in [0.25, 0.3) is 10.9 Å². The fourth-order valence-corrected chi connectivity index (χ4v) is 2.41. The molecule has 0 aliphatic carbocycles. The Morgan fingerprint density at radius 3 is 2.82 bits per heavy atom. The number of aromatic nitrogens is 1. The number of hydrogen-bond donors (Lipinski definition) is 2. The minimum Gasteiger partial charge on any atom is -0.506 e. The quantitative estimate of drug-likeness (QED) is 0.766. The fourth-order valence-electron chi connectivity index (χ4n) is 2.41. The lowest BCUT2D eigenvalue weighted by molar-refractivity contribution is 0.0691. The number of carboxylic acids is 1. The van der Waals surface area contributed by atoms with E-state index in [0.29, 0.717) is 23.9 Å². The summed E-state index contributed by atoms with van der Waals surface area (Å²) >= 11 is 0. The molecular formula is C12H9NO4. The van der Waals surface area contributed by atoms with Crippen molar-refractivity contribution in [3.05, 3.63) is 39.7 Å². The van der Waals surface area contributed by atoms with Gasteiger partial charge in [-0.1, -0.05) is 12.1 Å². The first kappa shape index (κ1) is 9.89. The molecule has 17 heavy (non-hydrogen) atoms. The minimum atomic E-state index is -1.39. The maximum atomic E-state index is 11.9. The standard InChI is InChI=1S/C12H9NO4/c14-10-7-3-1-2-6-4-5-13(9(6)7)11(15)8(10)12(16)17/h1-3,14H,4-5H2,(H,16,17). The number of benzene rings is 1. The third-order valence-corrected chi connectivity index (χ3v) is 3.16. The Labute approximate surface area is 95.5 Å². The summed E-state index contributed by atoms with van der Waals surface area (Å²) in [7, 11) is 0. The number of hydrogen-bond acceptors (Lipinski definition) is 3. The normalized spacial score (nSPS) is 13.2. The van der Waals surface area contributed by atoms with Crippen LogP contribution in [-0.2, 0) is 13.0 Å². The number of rotatable bonds is 1. The van der Waals surface area contributed by atoms with Crippen molar-refractivity contribution in [3.63, 3.8) is 0 Å². The molecule has 0 saturated heterocycles. The van der Waals surface area contributed by atoms with E-state index in [9.17, 15) is 14.7 Å². The molecule has 0 saturated carbocycles. The molecule has 0 amide bonds. The molecule has 0 radical (unpaired) electrons. The van der Waals surface area contributed by atoms with Gasteiger partial charge in [0.15, 0.2) is 5.56 Å². The number of carbonyl (C=O) groups is 1. The van der Waals surface area contributed by atoms with Gasteiger partial charge in [-0.05, 0) is 18.1 Å². The van der Waals surface area contributed by atoms with Crippen LogP contribution in [0.4, 0.5) is 0 Å². The summed E-state index contributed by atoms with van der Waals surface area (Å²) in [5, 5.41) is 19.3. The molecule has 2 aromatic rings. The van der Waals surface area contributed by atoms with Gasteiger partial charge in [0, 0.05) is 11.9 Å². The highest BCUT2D eigenvalue weighted by Gasteiger charge is 2.25. The molecule has 1 aliphatic heterocycles. The third kappa shape index (κ3) is 1.13. The van der Waals surface area contributed by atoms with Gasteiger partial charge in [-0.2, -0.15) is 0 Å². The Morgan fingerprint density at radius 2 is 2.12 bits per heavy atom. The average Bonchev–Trinajstić information content (AvgIpc) is 2.70. The Bertz CT molecular complexity index is 714. The van der Waals surface area contributed by atoms with Gasteiger partial charge >= 0.3 is 5.97 Å². The SMILES string of the molecule is O=C(O)c1c(O)c2cccc3c2n(c1=O)CC3. The van der Waals surface area contributed by atoms with Crippen LogP contribution in [0.2, 0.25) is 0 Å². The molecule has 3 rings (SSSR count). The Morgan fingerprint density at radius 1 is 1.35 bits per heavy atom. The molecule has 1 aromatic heterocycles. The van der Waals surface area contributed by atoms with Crippen molar-refractivity contribution in [1.82, 2.24) is 4.57 Å². The summed E-state index contributed by atoms with van der Waals surface area (Å²) in [4.78, 5) is 22.9. The van der Waals surface area contributed by atoms with Crippen LogP contribution in [-0.4, -0.2) is 20.7 Å². The van der Waals surface area contributed by atoms with E-state index in [-0.39, 0.29) is 0 Å². The molecule has 2 N–H and O–H groups in total. The van der Waals surface area contributed by atoms with Gasteiger partial charge in [-0.25, -0.2) is 4.79 Å².